The SMILES string of the molecule is COc1cc(O)c2c(c1)CC(=O)/C=C/C=C/[C@@H]1O[C@H]1C[C@@H](C)OC2=O. The zero-order valence-corrected chi connectivity index (χ0v) is 14.1. The lowest BCUT2D eigenvalue weighted by Gasteiger charge is -2.16. The first-order chi connectivity index (χ1) is 12.0. The summed E-state index contributed by atoms with van der Waals surface area (Å²) in [4.78, 5) is 24.7. The zero-order chi connectivity index (χ0) is 18.0. The van der Waals surface area contributed by atoms with Gasteiger partial charge in [-0.05, 0) is 24.6 Å². The van der Waals surface area contributed by atoms with Gasteiger partial charge in [0.1, 0.15) is 29.3 Å². The first kappa shape index (κ1) is 17.2. The van der Waals surface area contributed by atoms with Gasteiger partial charge in [0.05, 0.1) is 13.2 Å². The summed E-state index contributed by atoms with van der Waals surface area (Å²) in [6.07, 6.45) is 6.84. The molecule has 1 aromatic carbocycles. The molecule has 1 fully saturated rings. The number of hydrogen-bond acceptors (Lipinski definition) is 6. The van der Waals surface area contributed by atoms with Gasteiger partial charge in [-0.25, -0.2) is 4.79 Å². The number of benzene rings is 1. The van der Waals surface area contributed by atoms with Crippen LogP contribution in [-0.4, -0.2) is 42.3 Å². The number of allylic oxidation sites excluding steroid dienone is 3. The summed E-state index contributed by atoms with van der Waals surface area (Å²) in [6.45, 7) is 1.78. The smallest absolute Gasteiger partial charge is 0.342 e. The number of phenols is 1. The molecule has 6 nitrogen and oxygen atoms in total. The largest absolute Gasteiger partial charge is 0.507 e. The number of epoxide rings is 1. The molecule has 25 heavy (non-hydrogen) atoms. The Balaban J connectivity index is 1.97. The molecule has 0 saturated carbocycles. The Kier molecular flexibility index (Phi) is 4.90. The van der Waals surface area contributed by atoms with E-state index in [4.69, 9.17) is 14.2 Å². The number of ketones is 1. The highest BCUT2D eigenvalue weighted by Gasteiger charge is 2.38. The summed E-state index contributed by atoms with van der Waals surface area (Å²) >= 11 is 0. The number of rotatable bonds is 1. The van der Waals surface area contributed by atoms with Crippen molar-refractivity contribution in [3.63, 3.8) is 0 Å². The predicted octanol–water partition coefficient (Wildman–Crippen LogP) is 2.34. The molecule has 1 saturated heterocycles. The summed E-state index contributed by atoms with van der Waals surface area (Å²) in [5.74, 6) is -0.769. The van der Waals surface area contributed by atoms with Gasteiger partial charge in [0.15, 0.2) is 5.78 Å². The van der Waals surface area contributed by atoms with Crippen LogP contribution in [0.5, 0.6) is 11.5 Å². The van der Waals surface area contributed by atoms with Crippen molar-refractivity contribution >= 4 is 11.8 Å². The van der Waals surface area contributed by atoms with Crippen LogP contribution in [0.1, 0.15) is 29.3 Å². The minimum atomic E-state index is -0.663. The number of cyclic esters (lactones) is 1. The predicted molar refractivity (Wildman–Crippen MR) is 89.8 cm³/mol. The van der Waals surface area contributed by atoms with Gasteiger partial charge in [-0.2, -0.15) is 0 Å². The van der Waals surface area contributed by atoms with Crippen LogP contribution in [0.3, 0.4) is 0 Å². The van der Waals surface area contributed by atoms with Crippen LogP contribution in [0.2, 0.25) is 0 Å². The number of ether oxygens (including phenoxy) is 3. The molecule has 2 aliphatic rings. The molecule has 1 aromatic rings. The Labute approximate surface area is 145 Å². The summed E-state index contributed by atoms with van der Waals surface area (Å²) in [5, 5.41) is 10.2. The molecule has 0 unspecified atom stereocenters. The van der Waals surface area contributed by atoms with E-state index in [0.29, 0.717) is 17.7 Å². The lowest BCUT2D eigenvalue weighted by molar-refractivity contribution is -0.114. The fourth-order valence-electron chi connectivity index (χ4n) is 2.87. The van der Waals surface area contributed by atoms with Crippen molar-refractivity contribution in [3.8, 4) is 11.5 Å². The van der Waals surface area contributed by atoms with E-state index in [0.717, 1.165) is 0 Å². The Morgan fingerprint density at radius 1 is 1.24 bits per heavy atom. The van der Waals surface area contributed by atoms with Crippen molar-refractivity contribution in [2.45, 2.75) is 38.1 Å². The maximum atomic E-state index is 12.5. The van der Waals surface area contributed by atoms with Crippen molar-refractivity contribution < 1.29 is 28.9 Å². The summed E-state index contributed by atoms with van der Waals surface area (Å²) in [6, 6.07) is 2.89. The minimum Gasteiger partial charge on any atom is -0.507 e. The van der Waals surface area contributed by atoms with Crippen LogP contribution < -0.4 is 4.74 Å². The van der Waals surface area contributed by atoms with E-state index in [2.05, 4.69) is 0 Å². The first-order valence-electron chi connectivity index (χ1n) is 8.12. The molecule has 3 rings (SSSR count). The van der Waals surface area contributed by atoms with Crippen LogP contribution in [0.25, 0.3) is 0 Å². The Morgan fingerprint density at radius 3 is 2.80 bits per heavy atom. The molecule has 0 aliphatic carbocycles. The molecule has 3 atom stereocenters. The molecule has 6 heteroatoms. The molecule has 132 valence electrons. The lowest BCUT2D eigenvalue weighted by atomic mass is 10.00. The monoisotopic (exact) mass is 344 g/mol. The van der Waals surface area contributed by atoms with E-state index in [-0.39, 0.29) is 41.8 Å². The minimum absolute atomic E-state index is 0.00438. The topological polar surface area (TPSA) is 85.4 Å². The van der Waals surface area contributed by atoms with E-state index in [9.17, 15) is 14.7 Å². The average Bonchev–Trinajstić information content (AvgIpc) is 3.27. The highest BCUT2D eigenvalue weighted by molar-refractivity contribution is 5.98. The second-order valence-electron chi connectivity index (χ2n) is 6.16. The van der Waals surface area contributed by atoms with Crippen LogP contribution >= 0.6 is 0 Å². The van der Waals surface area contributed by atoms with Crippen molar-refractivity contribution in [1.29, 1.82) is 0 Å². The maximum Gasteiger partial charge on any atom is 0.342 e. The third kappa shape index (κ3) is 4.09. The number of hydrogen-bond donors (Lipinski definition) is 1. The standard InChI is InChI=1S/C19H20O6/c1-11-7-17-16(25-17)6-4-3-5-13(20)8-12-9-14(23-2)10-15(21)18(12)19(22)24-11/h3-6,9-11,16-17,21H,7-8H2,1-2H3/b5-3+,6-4+/t11-,16+,17+/m1/s1. The molecule has 2 aliphatic heterocycles. The van der Waals surface area contributed by atoms with Gasteiger partial charge in [0.25, 0.3) is 0 Å². The van der Waals surface area contributed by atoms with Crippen molar-refractivity contribution in [2.24, 2.45) is 0 Å². The van der Waals surface area contributed by atoms with Crippen LogP contribution in [-0.2, 0) is 20.7 Å². The zero-order valence-electron chi connectivity index (χ0n) is 14.1. The Hall–Kier alpha value is -2.60. The van der Waals surface area contributed by atoms with Gasteiger partial charge in [0, 0.05) is 18.9 Å². The van der Waals surface area contributed by atoms with Gasteiger partial charge in [-0.15, -0.1) is 0 Å². The highest BCUT2D eigenvalue weighted by Crippen LogP contribution is 2.32. The summed E-state index contributed by atoms with van der Waals surface area (Å²) < 4.78 is 16.0. The molecule has 0 spiro atoms. The van der Waals surface area contributed by atoms with Crippen LogP contribution in [0.4, 0.5) is 0 Å². The second-order valence-corrected chi connectivity index (χ2v) is 6.16. The quantitative estimate of drug-likeness (QED) is 0.622. The fourth-order valence-corrected chi connectivity index (χ4v) is 2.87. The van der Waals surface area contributed by atoms with E-state index < -0.39 is 5.97 Å². The summed E-state index contributed by atoms with van der Waals surface area (Å²) in [5.41, 5.74) is 0.362. The number of fused-ring (bicyclic) bond motifs is 2. The van der Waals surface area contributed by atoms with Gasteiger partial charge in [-0.3, -0.25) is 4.79 Å². The number of aromatic hydroxyl groups is 1. The van der Waals surface area contributed by atoms with E-state index >= 15 is 0 Å². The van der Waals surface area contributed by atoms with Crippen molar-refractivity contribution in [2.75, 3.05) is 7.11 Å². The maximum absolute atomic E-state index is 12.5. The molecular formula is C19H20O6. The molecule has 0 bridgehead atoms. The molecule has 0 amide bonds. The normalized spacial score (nSPS) is 28.8. The molecular weight excluding hydrogens is 324 g/mol. The Morgan fingerprint density at radius 2 is 2.04 bits per heavy atom. The number of esters is 1. The van der Waals surface area contributed by atoms with Gasteiger partial charge in [-0.1, -0.05) is 18.2 Å². The third-order valence-electron chi connectivity index (χ3n) is 4.17. The summed E-state index contributed by atoms with van der Waals surface area (Å²) in [7, 11) is 1.45. The van der Waals surface area contributed by atoms with Crippen molar-refractivity contribution in [1.82, 2.24) is 0 Å². The molecule has 0 radical (unpaired) electrons. The van der Waals surface area contributed by atoms with Gasteiger partial charge >= 0.3 is 5.97 Å². The van der Waals surface area contributed by atoms with E-state index in [1.165, 1.54) is 19.3 Å². The number of methoxy groups -OCH3 is 1. The van der Waals surface area contributed by atoms with Crippen LogP contribution in [0.15, 0.2) is 36.4 Å². The number of carbonyl (C=O) groups excluding carboxylic acids is 2. The number of carbonyl (C=O) groups is 2. The Bertz CT molecular complexity index is 749. The first-order valence-corrected chi connectivity index (χ1v) is 8.12. The lowest BCUT2D eigenvalue weighted by Crippen LogP contribution is -2.19. The van der Waals surface area contributed by atoms with Crippen molar-refractivity contribution in [3.05, 3.63) is 47.6 Å². The average molecular weight is 344 g/mol. The second kappa shape index (κ2) is 7.11. The van der Waals surface area contributed by atoms with Crippen LogP contribution in [0, 0.1) is 0 Å². The third-order valence-corrected chi connectivity index (χ3v) is 4.17. The molecule has 0 aromatic heterocycles. The fraction of sp³-hybridized carbons (Fsp3) is 0.368. The highest BCUT2D eigenvalue weighted by atomic mass is 16.6. The number of phenolic OH excluding ortho intramolecular Hbond substituents is 1. The van der Waals surface area contributed by atoms with Gasteiger partial charge < -0.3 is 19.3 Å². The van der Waals surface area contributed by atoms with Gasteiger partial charge in [0.2, 0.25) is 0 Å². The van der Waals surface area contributed by atoms with E-state index in [1.54, 1.807) is 25.1 Å². The van der Waals surface area contributed by atoms with E-state index in [1.807, 2.05) is 6.08 Å². The molecule has 1 N–H and O–H groups in total. The molecule has 2 heterocycles.